The van der Waals surface area contributed by atoms with Gasteiger partial charge in [-0.05, 0) is 37.6 Å². The summed E-state index contributed by atoms with van der Waals surface area (Å²) in [7, 11) is 4.55. The molecule has 7 nitrogen and oxygen atoms in total. The van der Waals surface area contributed by atoms with Crippen LogP contribution in [0.25, 0.3) is 0 Å². The van der Waals surface area contributed by atoms with Crippen molar-refractivity contribution < 1.29 is 19.0 Å². The fourth-order valence-corrected chi connectivity index (χ4v) is 2.75. The summed E-state index contributed by atoms with van der Waals surface area (Å²) in [5.74, 6) is 2.02. The lowest BCUT2D eigenvalue weighted by Crippen LogP contribution is -2.24. The maximum absolute atomic E-state index is 12.5. The van der Waals surface area contributed by atoms with Gasteiger partial charge in [0.25, 0.3) is 5.91 Å². The molecule has 27 heavy (non-hydrogen) atoms. The van der Waals surface area contributed by atoms with Crippen LogP contribution in [-0.4, -0.2) is 45.3 Å². The van der Waals surface area contributed by atoms with E-state index in [0.717, 1.165) is 24.5 Å². The Bertz CT molecular complexity index is 733. The molecule has 0 atom stereocenters. The van der Waals surface area contributed by atoms with Gasteiger partial charge in [-0.25, -0.2) is 4.98 Å². The Balaban J connectivity index is 2.09. The van der Waals surface area contributed by atoms with Crippen molar-refractivity contribution in [3.63, 3.8) is 0 Å². The van der Waals surface area contributed by atoms with Crippen LogP contribution in [0.5, 0.6) is 17.2 Å². The molecule has 0 aliphatic carbocycles. The normalized spacial score (nSPS) is 10.3. The van der Waals surface area contributed by atoms with Crippen LogP contribution in [0.2, 0.25) is 0 Å². The second kappa shape index (κ2) is 9.66. The van der Waals surface area contributed by atoms with Crippen molar-refractivity contribution in [1.82, 2.24) is 10.3 Å². The number of anilines is 1. The Morgan fingerprint density at radius 2 is 1.67 bits per heavy atom. The van der Waals surface area contributed by atoms with Gasteiger partial charge in [0.05, 0.1) is 21.3 Å². The highest BCUT2D eigenvalue weighted by molar-refractivity contribution is 5.95. The highest BCUT2D eigenvalue weighted by Crippen LogP contribution is 2.38. The van der Waals surface area contributed by atoms with Gasteiger partial charge in [0.1, 0.15) is 5.82 Å². The summed E-state index contributed by atoms with van der Waals surface area (Å²) in [5, 5.41) is 2.89. The van der Waals surface area contributed by atoms with Crippen molar-refractivity contribution in [1.29, 1.82) is 0 Å². The molecule has 0 radical (unpaired) electrons. The van der Waals surface area contributed by atoms with Crippen LogP contribution in [-0.2, 0) is 6.54 Å². The Kier molecular flexibility index (Phi) is 7.28. The Morgan fingerprint density at radius 3 is 2.11 bits per heavy atom. The van der Waals surface area contributed by atoms with Crippen LogP contribution in [0.1, 0.15) is 29.8 Å². The molecule has 2 aromatic rings. The van der Waals surface area contributed by atoms with Gasteiger partial charge in [-0.3, -0.25) is 4.79 Å². The second-order valence-electron chi connectivity index (χ2n) is 5.79. The predicted octanol–water partition coefficient (Wildman–Crippen LogP) is 2.88. The van der Waals surface area contributed by atoms with Crippen LogP contribution in [0.3, 0.4) is 0 Å². The topological polar surface area (TPSA) is 72.9 Å². The fourth-order valence-electron chi connectivity index (χ4n) is 2.75. The number of rotatable bonds is 9. The number of amides is 1. The molecule has 2 rings (SSSR count). The van der Waals surface area contributed by atoms with Crippen LogP contribution in [0.4, 0.5) is 5.82 Å². The van der Waals surface area contributed by atoms with Crippen molar-refractivity contribution in [3.8, 4) is 17.2 Å². The van der Waals surface area contributed by atoms with Gasteiger partial charge in [0, 0.05) is 31.4 Å². The third-order valence-electron chi connectivity index (χ3n) is 4.28. The van der Waals surface area contributed by atoms with Gasteiger partial charge in [-0.2, -0.15) is 0 Å². The Hall–Kier alpha value is -2.96. The molecule has 146 valence electrons. The van der Waals surface area contributed by atoms with E-state index in [1.54, 1.807) is 18.3 Å². The number of ether oxygens (including phenoxy) is 3. The number of nitrogens with one attached hydrogen (secondary N) is 1. The third kappa shape index (κ3) is 4.81. The molecular weight excluding hydrogens is 346 g/mol. The first-order chi connectivity index (χ1) is 13.1. The van der Waals surface area contributed by atoms with Crippen LogP contribution in [0, 0.1) is 0 Å². The van der Waals surface area contributed by atoms with Gasteiger partial charge in [0.15, 0.2) is 11.5 Å². The van der Waals surface area contributed by atoms with E-state index in [1.807, 2.05) is 12.1 Å². The van der Waals surface area contributed by atoms with Gasteiger partial charge >= 0.3 is 0 Å². The number of methoxy groups -OCH3 is 3. The smallest absolute Gasteiger partial charge is 0.251 e. The summed E-state index contributed by atoms with van der Waals surface area (Å²) in [6, 6.07) is 7.18. The summed E-state index contributed by atoms with van der Waals surface area (Å²) in [5.41, 5.74) is 1.35. The molecule has 0 saturated carbocycles. The fraction of sp³-hybridized carbons (Fsp3) is 0.400. The lowest BCUT2D eigenvalue weighted by molar-refractivity contribution is 0.0950. The maximum atomic E-state index is 12.5. The molecule has 1 aromatic carbocycles. The number of hydrogen-bond donors (Lipinski definition) is 1. The first-order valence-electron chi connectivity index (χ1n) is 8.85. The molecule has 1 heterocycles. The predicted molar refractivity (Wildman–Crippen MR) is 105 cm³/mol. The number of carbonyl (C=O) groups is 1. The van der Waals surface area contributed by atoms with E-state index < -0.39 is 0 Å². The highest BCUT2D eigenvalue weighted by atomic mass is 16.5. The van der Waals surface area contributed by atoms with E-state index >= 15 is 0 Å². The van der Waals surface area contributed by atoms with Crippen molar-refractivity contribution in [2.45, 2.75) is 20.4 Å². The van der Waals surface area contributed by atoms with Crippen molar-refractivity contribution in [3.05, 3.63) is 41.6 Å². The highest BCUT2D eigenvalue weighted by Gasteiger charge is 2.17. The number of pyridine rings is 1. The summed E-state index contributed by atoms with van der Waals surface area (Å²) in [6.45, 7) is 6.37. The van der Waals surface area contributed by atoms with Crippen LogP contribution < -0.4 is 24.4 Å². The number of carbonyl (C=O) groups excluding carboxylic acids is 1. The lowest BCUT2D eigenvalue weighted by atomic mass is 10.1. The molecule has 0 fully saturated rings. The van der Waals surface area contributed by atoms with Crippen molar-refractivity contribution in [2.24, 2.45) is 0 Å². The van der Waals surface area contributed by atoms with Gasteiger partial charge in [-0.1, -0.05) is 6.07 Å². The molecule has 0 unspecified atom stereocenters. The molecule has 1 amide bonds. The molecule has 7 heteroatoms. The molecule has 0 saturated heterocycles. The van der Waals surface area contributed by atoms with E-state index in [0.29, 0.717) is 29.4 Å². The van der Waals surface area contributed by atoms with E-state index in [4.69, 9.17) is 14.2 Å². The summed E-state index contributed by atoms with van der Waals surface area (Å²) in [4.78, 5) is 19.2. The van der Waals surface area contributed by atoms with E-state index in [9.17, 15) is 4.79 Å². The zero-order valence-corrected chi connectivity index (χ0v) is 16.5. The minimum absolute atomic E-state index is 0.234. The van der Waals surface area contributed by atoms with Gasteiger partial charge < -0.3 is 24.4 Å². The zero-order valence-electron chi connectivity index (χ0n) is 16.5. The maximum Gasteiger partial charge on any atom is 0.251 e. The summed E-state index contributed by atoms with van der Waals surface area (Å²) >= 11 is 0. The molecule has 0 spiro atoms. The molecule has 0 bridgehead atoms. The first kappa shape index (κ1) is 20.4. The summed E-state index contributed by atoms with van der Waals surface area (Å²) in [6.07, 6.45) is 1.78. The Labute approximate surface area is 160 Å². The first-order valence-corrected chi connectivity index (χ1v) is 8.85. The number of benzene rings is 1. The van der Waals surface area contributed by atoms with Gasteiger partial charge in [-0.15, -0.1) is 0 Å². The number of hydrogen-bond acceptors (Lipinski definition) is 6. The molecule has 0 aliphatic heterocycles. The third-order valence-corrected chi connectivity index (χ3v) is 4.28. The number of aromatic nitrogens is 1. The van der Waals surface area contributed by atoms with Gasteiger partial charge in [0.2, 0.25) is 5.75 Å². The molecule has 1 aromatic heterocycles. The van der Waals surface area contributed by atoms with E-state index in [1.165, 1.54) is 21.3 Å². The molecule has 0 aliphatic rings. The molecular formula is C20H27N3O4. The van der Waals surface area contributed by atoms with E-state index in [-0.39, 0.29) is 5.91 Å². The minimum Gasteiger partial charge on any atom is -0.493 e. The monoisotopic (exact) mass is 373 g/mol. The molecule has 1 N–H and O–H groups in total. The SMILES string of the molecule is CCN(CC)c1ccc(CNC(=O)c2cc(OC)c(OC)c(OC)c2)cn1. The zero-order chi connectivity index (χ0) is 19.8. The number of nitrogens with zero attached hydrogens (tertiary/aromatic N) is 2. The summed E-state index contributed by atoms with van der Waals surface area (Å²) < 4.78 is 15.9. The standard InChI is InChI=1S/C20H27N3O4/c1-6-23(7-2)18-9-8-14(12-21-18)13-22-20(24)15-10-16(25-3)19(27-5)17(11-15)26-4/h8-12H,6-7,13H2,1-5H3,(H,22,24). The average Bonchev–Trinajstić information content (AvgIpc) is 2.72. The largest absolute Gasteiger partial charge is 0.493 e. The average molecular weight is 373 g/mol. The minimum atomic E-state index is -0.234. The lowest BCUT2D eigenvalue weighted by Gasteiger charge is -2.19. The van der Waals surface area contributed by atoms with Crippen molar-refractivity contribution in [2.75, 3.05) is 39.3 Å². The Morgan fingerprint density at radius 1 is 1.04 bits per heavy atom. The van der Waals surface area contributed by atoms with Crippen LogP contribution in [0.15, 0.2) is 30.5 Å². The second-order valence-corrected chi connectivity index (χ2v) is 5.79. The van der Waals surface area contributed by atoms with E-state index in [2.05, 4.69) is 29.0 Å². The quantitative estimate of drug-likeness (QED) is 0.729. The van der Waals surface area contributed by atoms with Crippen LogP contribution >= 0.6 is 0 Å². The van der Waals surface area contributed by atoms with Crippen molar-refractivity contribution >= 4 is 11.7 Å².